The number of nitrogens with zero attached hydrogens (tertiary/aromatic N) is 2. The summed E-state index contributed by atoms with van der Waals surface area (Å²) in [6, 6.07) is 19.8. The van der Waals surface area contributed by atoms with E-state index in [2.05, 4.69) is 15.0 Å². The van der Waals surface area contributed by atoms with Crippen molar-refractivity contribution in [3.05, 3.63) is 66.7 Å². The Morgan fingerprint density at radius 2 is 1.76 bits per heavy atom. The molecule has 3 aromatic carbocycles. The third-order valence-electron chi connectivity index (χ3n) is 5.40. The van der Waals surface area contributed by atoms with E-state index in [1.165, 1.54) is 0 Å². The van der Waals surface area contributed by atoms with Gasteiger partial charge in [0.25, 0.3) is 0 Å². The molecule has 34 heavy (non-hydrogen) atoms. The van der Waals surface area contributed by atoms with Gasteiger partial charge in [0.2, 0.25) is 10.0 Å². The topological polar surface area (TPSA) is 130 Å². The molecular weight excluding hydrogens is 450 g/mol. The number of nitrogens with one attached hydrogen (secondary N) is 2. The maximum Gasteiger partial charge on any atom is 0.229 e. The van der Waals surface area contributed by atoms with E-state index < -0.39 is 10.0 Å². The Bertz CT molecular complexity index is 1440. The Kier molecular flexibility index (Phi) is 6.67. The van der Waals surface area contributed by atoms with Crippen molar-refractivity contribution < 1.29 is 13.5 Å². The highest BCUT2D eigenvalue weighted by atomic mass is 32.2. The lowest BCUT2D eigenvalue weighted by Gasteiger charge is -2.15. The highest BCUT2D eigenvalue weighted by Gasteiger charge is 2.15. The summed E-state index contributed by atoms with van der Waals surface area (Å²) >= 11 is 0. The number of nitrogens with two attached hydrogens (primary N) is 1. The summed E-state index contributed by atoms with van der Waals surface area (Å²) < 4.78 is 25.7. The van der Waals surface area contributed by atoms with Gasteiger partial charge in [-0.1, -0.05) is 37.3 Å². The van der Waals surface area contributed by atoms with Gasteiger partial charge in [-0.25, -0.2) is 18.4 Å². The minimum absolute atomic E-state index is 0.0123. The third-order valence-corrected chi connectivity index (χ3v) is 6.00. The molecule has 0 unspecified atom stereocenters. The lowest BCUT2D eigenvalue weighted by molar-refractivity contribution is 0.477. The number of benzene rings is 3. The van der Waals surface area contributed by atoms with Crippen molar-refractivity contribution in [3.8, 4) is 28.3 Å². The van der Waals surface area contributed by atoms with E-state index in [0.717, 1.165) is 34.7 Å². The maximum atomic E-state index is 11.6. The average molecular weight is 478 g/mol. The predicted octanol–water partition coefficient (Wildman–Crippen LogP) is 4.19. The summed E-state index contributed by atoms with van der Waals surface area (Å²) in [6.45, 7) is 2.59. The molecule has 0 spiro atoms. The molecule has 0 saturated carbocycles. The van der Waals surface area contributed by atoms with Gasteiger partial charge in [-0.3, -0.25) is 4.72 Å². The summed E-state index contributed by atoms with van der Waals surface area (Å²) in [6.07, 6.45) is 1.94. The monoisotopic (exact) mass is 477 g/mol. The molecule has 4 rings (SSSR count). The number of aromatic nitrogens is 2. The zero-order valence-electron chi connectivity index (χ0n) is 19.0. The van der Waals surface area contributed by atoms with Gasteiger partial charge in [0.15, 0.2) is 5.82 Å². The van der Waals surface area contributed by atoms with Gasteiger partial charge in [-0.15, -0.1) is 0 Å². The van der Waals surface area contributed by atoms with Crippen LogP contribution in [0.4, 0.5) is 11.5 Å². The second-order valence-corrected chi connectivity index (χ2v) is 9.90. The van der Waals surface area contributed by atoms with Crippen molar-refractivity contribution in [2.45, 2.75) is 19.4 Å². The standard InChI is InChI=1S/C25H27N5O3S/c1-3-18(26)15-27-24-20-9-4-5-10-22(20)28-25(29-24)21-14-17(11-12-23(21)31)16-7-6-8-19(13-16)30-34(2,32)33/h4-14,18,30-31H,3,15,26H2,1-2H3,(H,27,28,29)/t18-/m1/s1. The zero-order valence-corrected chi connectivity index (χ0v) is 19.8. The molecule has 8 nitrogen and oxygen atoms in total. The number of hydrogen-bond donors (Lipinski definition) is 4. The first kappa shape index (κ1) is 23.5. The molecule has 0 radical (unpaired) electrons. The lowest BCUT2D eigenvalue weighted by Crippen LogP contribution is -2.28. The molecule has 1 heterocycles. The minimum atomic E-state index is -3.40. The van der Waals surface area contributed by atoms with Gasteiger partial charge < -0.3 is 16.2 Å². The molecule has 0 fully saturated rings. The van der Waals surface area contributed by atoms with Crippen molar-refractivity contribution in [3.63, 3.8) is 0 Å². The number of fused-ring (bicyclic) bond motifs is 1. The normalized spacial score (nSPS) is 12.4. The van der Waals surface area contributed by atoms with Gasteiger partial charge in [-0.05, 0) is 53.9 Å². The molecular formula is C25H27N5O3S. The van der Waals surface area contributed by atoms with Crippen LogP contribution >= 0.6 is 0 Å². The molecule has 0 aliphatic heterocycles. The van der Waals surface area contributed by atoms with Crippen molar-refractivity contribution >= 4 is 32.4 Å². The first-order valence-electron chi connectivity index (χ1n) is 10.9. The first-order chi connectivity index (χ1) is 16.2. The largest absolute Gasteiger partial charge is 0.507 e. The smallest absolute Gasteiger partial charge is 0.229 e. The number of phenols is 1. The van der Waals surface area contributed by atoms with Gasteiger partial charge in [0.05, 0.1) is 17.3 Å². The molecule has 0 bridgehead atoms. The number of rotatable bonds is 8. The fraction of sp³-hybridized carbons (Fsp3) is 0.200. The van der Waals surface area contributed by atoms with Crippen molar-refractivity contribution in [1.82, 2.24) is 9.97 Å². The van der Waals surface area contributed by atoms with E-state index in [1.54, 1.807) is 36.4 Å². The third kappa shape index (κ3) is 5.44. The van der Waals surface area contributed by atoms with Gasteiger partial charge >= 0.3 is 0 Å². The molecule has 0 aliphatic carbocycles. The van der Waals surface area contributed by atoms with Crippen LogP contribution in [0.1, 0.15) is 13.3 Å². The summed E-state index contributed by atoms with van der Waals surface area (Å²) in [4.78, 5) is 9.39. The van der Waals surface area contributed by atoms with Crippen LogP contribution in [0.25, 0.3) is 33.4 Å². The van der Waals surface area contributed by atoms with Crippen LogP contribution in [-0.4, -0.2) is 42.3 Å². The maximum absolute atomic E-state index is 11.6. The quantitative estimate of drug-likeness (QED) is 0.299. The Morgan fingerprint density at radius 1 is 1.00 bits per heavy atom. The van der Waals surface area contributed by atoms with Crippen LogP contribution in [0.3, 0.4) is 0 Å². The van der Waals surface area contributed by atoms with Gasteiger partial charge in [0, 0.05) is 23.7 Å². The Balaban J connectivity index is 1.78. The number of anilines is 2. The first-order valence-corrected chi connectivity index (χ1v) is 12.8. The number of sulfonamides is 1. The molecule has 1 aromatic heterocycles. The molecule has 4 aromatic rings. The summed E-state index contributed by atoms with van der Waals surface area (Å²) in [7, 11) is -3.40. The number of hydrogen-bond acceptors (Lipinski definition) is 7. The summed E-state index contributed by atoms with van der Waals surface area (Å²) in [5.74, 6) is 1.06. The molecule has 9 heteroatoms. The molecule has 0 amide bonds. The van der Waals surface area contributed by atoms with Crippen LogP contribution in [0, 0.1) is 0 Å². The minimum Gasteiger partial charge on any atom is -0.507 e. The second kappa shape index (κ2) is 9.66. The highest BCUT2D eigenvalue weighted by molar-refractivity contribution is 7.92. The van der Waals surface area contributed by atoms with E-state index >= 15 is 0 Å². The number of aromatic hydroxyl groups is 1. The van der Waals surface area contributed by atoms with E-state index in [-0.39, 0.29) is 11.8 Å². The molecule has 0 aliphatic rings. The van der Waals surface area contributed by atoms with Crippen LogP contribution in [0.5, 0.6) is 5.75 Å². The summed E-state index contributed by atoms with van der Waals surface area (Å²) in [5.41, 5.74) is 9.31. The highest BCUT2D eigenvalue weighted by Crippen LogP contribution is 2.34. The Hall–Kier alpha value is -3.69. The van der Waals surface area contributed by atoms with Crippen molar-refractivity contribution in [2.75, 3.05) is 22.8 Å². The van der Waals surface area contributed by atoms with E-state index in [0.29, 0.717) is 29.4 Å². The number of phenolic OH excluding ortho intramolecular Hbond substituents is 1. The van der Waals surface area contributed by atoms with Crippen molar-refractivity contribution in [2.24, 2.45) is 5.73 Å². The van der Waals surface area contributed by atoms with E-state index in [1.807, 2.05) is 37.3 Å². The number of para-hydroxylation sites is 1. The SMILES string of the molecule is CC[C@@H](N)CNc1nc(-c2cc(-c3cccc(NS(C)(=O)=O)c3)ccc2O)nc2ccccc12. The van der Waals surface area contributed by atoms with E-state index in [4.69, 9.17) is 10.7 Å². The predicted molar refractivity (Wildman–Crippen MR) is 137 cm³/mol. The van der Waals surface area contributed by atoms with Crippen LogP contribution in [-0.2, 0) is 10.0 Å². The van der Waals surface area contributed by atoms with Gasteiger partial charge in [0.1, 0.15) is 11.6 Å². The molecule has 1 atom stereocenters. The van der Waals surface area contributed by atoms with Crippen LogP contribution < -0.4 is 15.8 Å². The van der Waals surface area contributed by atoms with Crippen LogP contribution in [0.15, 0.2) is 66.7 Å². The zero-order chi connectivity index (χ0) is 24.3. The Labute approximate surface area is 198 Å². The van der Waals surface area contributed by atoms with E-state index in [9.17, 15) is 13.5 Å². The molecule has 0 saturated heterocycles. The van der Waals surface area contributed by atoms with Crippen molar-refractivity contribution in [1.29, 1.82) is 0 Å². The second-order valence-electron chi connectivity index (χ2n) is 8.15. The summed E-state index contributed by atoms with van der Waals surface area (Å²) in [5, 5.41) is 14.8. The fourth-order valence-electron chi connectivity index (χ4n) is 3.57. The molecule has 5 N–H and O–H groups in total. The Morgan fingerprint density at radius 3 is 2.53 bits per heavy atom. The fourth-order valence-corrected chi connectivity index (χ4v) is 4.13. The van der Waals surface area contributed by atoms with Crippen LogP contribution in [0.2, 0.25) is 0 Å². The lowest BCUT2D eigenvalue weighted by atomic mass is 10.0. The average Bonchev–Trinajstić information content (AvgIpc) is 2.81. The van der Waals surface area contributed by atoms with Gasteiger partial charge in [-0.2, -0.15) is 0 Å². The molecule has 176 valence electrons.